The van der Waals surface area contributed by atoms with Gasteiger partial charge in [-0.2, -0.15) is 0 Å². The number of benzene rings is 2. The number of aldehydes is 1. The lowest BCUT2D eigenvalue weighted by molar-refractivity contribution is 0.112. The van der Waals surface area contributed by atoms with E-state index < -0.39 is 11.6 Å². The van der Waals surface area contributed by atoms with Crippen molar-refractivity contribution in [3.05, 3.63) is 58.9 Å². The van der Waals surface area contributed by atoms with Crippen LogP contribution in [0.4, 0.5) is 10.1 Å². The van der Waals surface area contributed by atoms with Crippen LogP contribution in [-0.4, -0.2) is 37.7 Å². The molecule has 3 rings (SSSR count). The van der Waals surface area contributed by atoms with Crippen molar-refractivity contribution >= 4 is 24.1 Å². The van der Waals surface area contributed by atoms with E-state index in [-0.39, 0.29) is 5.56 Å². The van der Waals surface area contributed by atoms with Crippen molar-refractivity contribution < 1.29 is 19.0 Å². The molecule has 2 aromatic carbocycles. The molecule has 4 nitrogen and oxygen atoms in total. The number of halogens is 1. The number of rotatable bonds is 4. The van der Waals surface area contributed by atoms with Crippen molar-refractivity contribution in [1.29, 1.82) is 0 Å². The number of ether oxygens (including phenoxy) is 1. The summed E-state index contributed by atoms with van der Waals surface area (Å²) in [4.78, 5) is 13.1. The molecule has 0 atom stereocenters. The molecule has 0 bridgehead atoms. The molecule has 1 aliphatic heterocycles. The molecule has 0 radical (unpaired) electrons. The van der Waals surface area contributed by atoms with E-state index in [1.54, 1.807) is 6.08 Å². The van der Waals surface area contributed by atoms with Gasteiger partial charge in [-0.05, 0) is 35.4 Å². The molecular weight excluding hydrogens is 309 g/mol. The number of aromatic hydroxyl groups is 1. The average molecular weight is 327 g/mol. The summed E-state index contributed by atoms with van der Waals surface area (Å²) in [5, 5.41) is 9.42. The van der Waals surface area contributed by atoms with Gasteiger partial charge in [0.05, 0.1) is 18.8 Å². The lowest BCUT2D eigenvalue weighted by Crippen LogP contribution is -2.36. The first-order valence-corrected chi connectivity index (χ1v) is 7.76. The summed E-state index contributed by atoms with van der Waals surface area (Å²) >= 11 is 0. The number of hydrogen-bond acceptors (Lipinski definition) is 4. The minimum absolute atomic E-state index is 0.0580. The standard InChI is InChI=1S/C19H18FNO3/c20-18-12-15(11-16(13-22)19(18)23)2-1-14-3-5-17(6-4-14)21-7-9-24-10-8-21/h1-6,11-13,23H,7-10H2/b2-1+. The van der Waals surface area contributed by atoms with E-state index in [4.69, 9.17) is 4.74 Å². The summed E-state index contributed by atoms with van der Waals surface area (Å²) < 4.78 is 18.9. The topological polar surface area (TPSA) is 49.8 Å². The summed E-state index contributed by atoms with van der Waals surface area (Å²) in [5.74, 6) is -1.42. The predicted octanol–water partition coefficient (Wildman–Crippen LogP) is 3.35. The Kier molecular flexibility index (Phi) is 4.91. The summed E-state index contributed by atoms with van der Waals surface area (Å²) in [7, 11) is 0. The Labute approximate surface area is 139 Å². The molecule has 1 fully saturated rings. The first-order chi connectivity index (χ1) is 11.7. The fourth-order valence-electron chi connectivity index (χ4n) is 2.64. The Morgan fingerprint density at radius 1 is 1.04 bits per heavy atom. The number of phenolic OH excluding ortho intramolecular Hbond substituents is 1. The molecule has 0 unspecified atom stereocenters. The third-order valence-electron chi connectivity index (χ3n) is 3.98. The van der Waals surface area contributed by atoms with Gasteiger partial charge < -0.3 is 14.7 Å². The van der Waals surface area contributed by atoms with E-state index >= 15 is 0 Å². The van der Waals surface area contributed by atoms with Crippen LogP contribution in [0.3, 0.4) is 0 Å². The third kappa shape index (κ3) is 3.63. The highest BCUT2D eigenvalue weighted by Crippen LogP contribution is 2.23. The average Bonchev–Trinajstić information content (AvgIpc) is 2.63. The van der Waals surface area contributed by atoms with Gasteiger partial charge in [0.25, 0.3) is 0 Å². The van der Waals surface area contributed by atoms with E-state index in [2.05, 4.69) is 4.90 Å². The molecule has 1 aliphatic rings. The van der Waals surface area contributed by atoms with Crippen LogP contribution >= 0.6 is 0 Å². The van der Waals surface area contributed by atoms with Crippen LogP contribution in [0.2, 0.25) is 0 Å². The SMILES string of the molecule is O=Cc1cc(/C=C/c2ccc(N3CCOCC3)cc2)cc(F)c1O. The zero-order valence-electron chi connectivity index (χ0n) is 13.1. The maximum absolute atomic E-state index is 13.6. The summed E-state index contributed by atoms with van der Waals surface area (Å²) in [6.07, 6.45) is 3.98. The number of phenols is 1. The van der Waals surface area contributed by atoms with Gasteiger partial charge in [0.2, 0.25) is 0 Å². The minimum Gasteiger partial charge on any atom is -0.504 e. The first kappa shape index (κ1) is 16.2. The normalized spacial score (nSPS) is 15.0. The van der Waals surface area contributed by atoms with Gasteiger partial charge in [0, 0.05) is 18.8 Å². The van der Waals surface area contributed by atoms with E-state index in [0.717, 1.165) is 37.6 Å². The van der Waals surface area contributed by atoms with E-state index in [0.29, 0.717) is 11.8 Å². The molecule has 5 heteroatoms. The highest BCUT2D eigenvalue weighted by Gasteiger charge is 2.10. The molecule has 24 heavy (non-hydrogen) atoms. The monoisotopic (exact) mass is 327 g/mol. The Hall–Kier alpha value is -2.66. The third-order valence-corrected chi connectivity index (χ3v) is 3.98. The molecule has 0 saturated carbocycles. The number of nitrogens with zero attached hydrogens (tertiary/aromatic N) is 1. The summed E-state index contributed by atoms with van der Waals surface area (Å²) in [6, 6.07) is 10.7. The van der Waals surface area contributed by atoms with Crippen molar-refractivity contribution in [3.63, 3.8) is 0 Å². The summed E-state index contributed by atoms with van der Waals surface area (Å²) in [5.41, 5.74) is 2.57. The zero-order chi connectivity index (χ0) is 16.9. The molecule has 0 aromatic heterocycles. The number of carbonyl (C=O) groups excluding carboxylic acids is 1. The maximum Gasteiger partial charge on any atom is 0.166 e. The Balaban J connectivity index is 1.75. The van der Waals surface area contributed by atoms with Crippen molar-refractivity contribution in [2.24, 2.45) is 0 Å². The lowest BCUT2D eigenvalue weighted by Gasteiger charge is -2.28. The van der Waals surface area contributed by atoms with Gasteiger partial charge in [-0.1, -0.05) is 24.3 Å². The first-order valence-electron chi connectivity index (χ1n) is 7.76. The van der Waals surface area contributed by atoms with Crippen molar-refractivity contribution in [3.8, 4) is 5.75 Å². The van der Waals surface area contributed by atoms with E-state index in [9.17, 15) is 14.3 Å². The second-order valence-corrected chi connectivity index (χ2v) is 5.58. The maximum atomic E-state index is 13.6. The molecule has 1 saturated heterocycles. The molecule has 0 amide bonds. The predicted molar refractivity (Wildman–Crippen MR) is 91.9 cm³/mol. The van der Waals surface area contributed by atoms with E-state index in [1.807, 2.05) is 30.3 Å². The smallest absolute Gasteiger partial charge is 0.166 e. The van der Waals surface area contributed by atoms with Crippen LogP contribution in [-0.2, 0) is 4.74 Å². The Morgan fingerprint density at radius 2 is 1.71 bits per heavy atom. The molecule has 1 N–H and O–H groups in total. The van der Waals surface area contributed by atoms with Crippen LogP contribution in [0.25, 0.3) is 12.2 Å². The van der Waals surface area contributed by atoms with Gasteiger partial charge >= 0.3 is 0 Å². The largest absolute Gasteiger partial charge is 0.504 e. The highest BCUT2D eigenvalue weighted by atomic mass is 19.1. The quantitative estimate of drug-likeness (QED) is 0.691. The van der Waals surface area contributed by atoms with Crippen molar-refractivity contribution in [2.75, 3.05) is 31.2 Å². The fourth-order valence-corrected chi connectivity index (χ4v) is 2.64. The summed E-state index contributed by atoms with van der Waals surface area (Å²) in [6.45, 7) is 3.26. The number of hydrogen-bond donors (Lipinski definition) is 1. The van der Waals surface area contributed by atoms with Crippen LogP contribution in [0.5, 0.6) is 5.75 Å². The molecule has 0 spiro atoms. The van der Waals surface area contributed by atoms with Gasteiger partial charge in [-0.25, -0.2) is 4.39 Å². The van der Waals surface area contributed by atoms with Crippen LogP contribution in [0, 0.1) is 5.82 Å². The highest BCUT2D eigenvalue weighted by molar-refractivity contribution is 5.82. The van der Waals surface area contributed by atoms with Gasteiger partial charge in [0.15, 0.2) is 17.9 Å². The zero-order valence-corrected chi connectivity index (χ0v) is 13.1. The lowest BCUT2D eigenvalue weighted by atomic mass is 10.1. The van der Waals surface area contributed by atoms with Gasteiger partial charge in [-0.3, -0.25) is 4.79 Å². The van der Waals surface area contributed by atoms with Crippen LogP contribution < -0.4 is 4.90 Å². The van der Waals surface area contributed by atoms with Crippen LogP contribution in [0.1, 0.15) is 21.5 Å². The van der Waals surface area contributed by atoms with Crippen molar-refractivity contribution in [1.82, 2.24) is 0 Å². The molecule has 0 aliphatic carbocycles. The molecular formula is C19H18FNO3. The van der Waals surface area contributed by atoms with Crippen LogP contribution in [0.15, 0.2) is 36.4 Å². The second-order valence-electron chi connectivity index (χ2n) is 5.58. The van der Waals surface area contributed by atoms with E-state index in [1.165, 1.54) is 12.1 Å². The second kappa shape index (κ2) is 7.27. The Morgan fingerprint density at radius 3 is 2.38 bits per heavy atom. The number of anilines is 1. The molecule has 124 valence electrons. The number of carbonyl (C=O) groups is 1. The van der Waals surface area contributed by atoms with Crippen molar-refractivity contribution in [2.45, 2.75) is 0 Å². The molecule has 2 aromatic rings. The number of morpholine rings is 1. The van der Waals surface area contributed by atoms with Gasteiger partial charge in [-0.15, -0.1) is 0 Å². The Bertz CT molecular complexity index is 750. The van der Waals surface area contributed by atoms with Gasteiger partial charge in [0.1, 0.15) is 0 Å². The molecule has 1 heterocycles. The fraction of sp³-hybridized carbons (Fsp3) is 0.211. The minimum atomic E-state index is -0.804.